The maximum absolute atomic E-state index is 12.9. The van der Waals surface area contributed by atoms with E-state index in [1.54, 1.807) is 24.3 Å². The molecule has 0 saturated heterocycles. The molecule has 0 bridgehead atoms. The van der Waals surface area contributed by atoms with Gasteiger partial charge in [0.25, 0.3) is 0 Å². The molecule has 0 spiro atoms. The first kappa shape index (κ1) is 16.3. The second kappa shape index (κ2) is 6.52. The lowest BCUT2D eigenvalue weighted by Crippen LogP contribution is -2.35. The van der Waals surface area contributed by atoms with Crippen LogP contribution in [-0.4, -0.2) is 11.8 Å². The fraction of sp³-hybridized carbons (Fsp3) is 0.176. The third-order valence-electron chi connectivity index (χ3n) is 3.94. The fourth-order valence-corrected chi connectivity index (χ4v) is 2.44. The second-order valence-corrected chi connectivity index (χ2v) is 5.80. The Labute approximate surface area is 143 Å². The molecule has 0 aliphatic heterocycles. The molecular formula is C17H15FN2O3S. The molecule has 3 rings (SSSR count). The number of rotatable bonds is 5. The van der Waals surface area contributed by atoms with Crippen molar-refractivity contribution in [2.75, 3.05) is 10.6 Å². The summed E-state index contributed by atoms with van der Waals surface area (Å²) in [5.74, 6) is -0.587. The van der Waals surface area contributed by atoms with Crippen LogP contribution in [-0.2, 0) is 9.59 Å². The minimum Gasteiger partial charge on any atom is -0.429 e. The Morgan fingerprint density at radius 1 is 0.917 bits per heavy atom. The molecule has 0 aromatic heterocycles. The van der Waals surface area contributed by atoms with Crippen molar-refractivity contribution >= 4 is 36.1 Å². The Hall–Kier alpha value is -2.54. The van der Waals surface area contributed by atoms with E-state index in [2.05, 4.69) is 23.5 Å². The molecule has 0 atom stereocenters. The van der Waals surface area contributed by atoms with Gasteiger partial charge in [-0.3, -0.25) is 9.59 Å². The number of nitrogens with one attached hydrogen (secondary N) is 2. The summed E-state index contributed by atoms with van der Waals surface area (Å²) in [5, 5.41) is 5.39. The van der Waals surface area contributed by atoms with Gasteiger partial charge in [-0.2, -0.15) is 0 Å². The molecule has 0 unspecified atom stereocenters. The van der Waals surface area contributed by atoms with Crippen LogP contribution in [0.5, 0.6) is 5.75 Å². The van der Waals surface area contributed by atoms with Gasteiger partial charge in [0.1, 0.15) is 17.0 Å². The number of halogens is 1. The molecule has 1 fully saturated rings. The van der Waals surface area contributed by atoms with Gasteiger partial charge in [-0.25, -0.2) is 4.39 Å². The lowest BCUT2D eigenvalue weighted by atomic mass is 10.0. The van der Waals surface area contributed by atoms with Crippen molar-refractivity contribution in [3.8, 4) is 5.75 Å². The van der Waals surface area contributed by atoms with E-state index < -0.39 is 5.41 Å². The molecule has 2 N–H and O–H groups in total. The van der Waals surface area contributed by atoms with Gasteiger partial charge in [-0.15, -0.1) is 0 Å². The number of hydrogen-bond acceptors (Lipinski definition) is 4. The molecule has 5 nitrogen and oxygen atoms in total. The Morgan fingerprint density at radius 2 is 1.38 bits per heavy atom. The van der Waals surface area contributed by atoms with Gasteiger partial charge < -0.3 is 14.8 Å². The monoisotopic (exact) mass is 346 g/mol. The first-order valence-corrected chi connectivity index (χ1v) is 7.70. The Kier molecular flexibility index (Phi) is 4.44. The van der Waals surface area contributed by atoms with Crippen LogP contribution in [0.4, 0.5) is 15.8 Å². The topological polar surface area (TPSA) is 67.4 Å². The number of thiol groups is 1. The maximum Gasteiger partial charge on any atom is 0.240 e. The van der Waals surface area contributed by atoms with Crippen molar-refractivity contribution in [3.63, 3.8) is 0 Å². The van der Waals surface area contributed by atoms with Crippen LogP contribution >= 0.6 is 12.9 Å². The number of benzene rings is 2. The summed E-state index contributed by atoms with van der Waals surface area (Å²) >= 11 is 3.69. The maximum atomic E-state index is 12.9. The minimum atomic E-state index is -1.08. The van der Waals surface area contributed by atoms with Gasteiger partial charge in [-0.05, 0) is 61.4 Å². The summed E-state index contributed by atoms with van der Waals surface area (Å²) in [6.45, 7) is 0. The zero-order valence-electron chi connectivity index (χ0n) is 12.6. The lowest BCUT2D eigenvalue weighted by Gasteiger charge is -2.15. The smallest absolute Gasteiger partial charge is 0.240 e. The van der Waals surface area contributed by atoms with Crippen LogP contribution in [0.1, 0.15) is 12.8 Å². The lowest BCUT2D eigenvalue weighted by molar-refractivity contribution is -0.131. The standard InChI is InChI=1S/C17H15FN2O3S/c18-11-1-3-12(4-2-11)19-15(21)17(9-10-17)16(22)20-13-5-7-14(23-24)8-6-13/h1-8,24H,9-10H2,(H,19,21)(H,20,22). The molecule has 24 heavy (non-hydrogen) atoms. The molecule has 7 heteroatoms. The summed E-state index contributed by atoms with van der Waals surface area (Å²) in [5.41, 5.74) is -0.0571. The fourth-order valence-electron chi connectivity index (χ4n) is 2.32. The zero-order valence-corrected chi connectivity index (χ0v) is 13.5. The third kappa shape index (κ3) is 3.35. The SMILES string of the molecule is O=C(Nc1ccc(F)cc1)C1(C(=O)Nc2ccc(OS)cc2)CC1. The normalized spacial score (nSPS) is 14.6. The van der Waals surface area contributed by atoms with E-state index in [-0.39, 0.29) is 17.6 Å². The van der Waals surface area contributed by atoms with Crippen molar-refractivity contribution in [2.45, 2.75) is 12.8 Å². The number of anilines is 2. The van der Waals surface area contributed by atoms with E-state index in [0.717, 1.165) is 0 Å². The van der Waals surface area contributed by atoms with Crippen LogP contribution in [0.3, 0.4) is 0 Å². The highest BCUT2D eigenvalue weighted by Gasteiger charge is 2.56. The molecule has 1 aliphatic rings. The number of carbonyl (C=O) groups excluding carboxylic acids is 2. The first-order chi connectivity index (χ1) is 11.5. The van der Waals surface area contributed by atoms with Crippen LogP contribution in [0.2, 0.25) is 0 Å². The number of amides is 2. The van der Waals surface area contributed by atoms with Gasteiger partial charge in [0.15, 0.2) is 0 Å². The van der Waals surface area contributed by atoms with Crippen molar-refractivity contribution in [1.29, 1.82) is 0 Å². The summed E-state index contributed by atoms with van der Waals surface area (Å²) in [4.78, 5) is 24.9. The predicted octanol–water partition coefficient (Wildman–Crippen LogP) is 3.41. The van der Waals surface area contributed by atoms with Gasteiger partial charge in [-0.1, -0.05) is 0 Å². The zero-order chi connectivity index (χ0) is 17.2. The van der Waals surface area contributed by atoms with Gasteiger partial charge in [0.05, 0.1) is 0 Å². The molecule has 2 aromatic rings. The summed E-state index contributed by atoms with van der Waals surface area (Å²) in [6, 6.07) is 12.0. The van der Waals surface area contributed by atoms with Crippen LogP contribution in [0, 0.1) is 11.2 Å². The van der Waals surface area contributed by atoms with Gasteiger partial charge in [0.2, 0.25) is 11.8 Å². The molecule has 0 radical (unpaired) electrons. The van der Waals surface area contributed by atoms with Crippen molar-refractivity contribution < 1.29 is 18.2 Å². The molecule has 1 saturated carbocycles. The first-order valence-electron chi connectivity index (χ1n) is 7.33. The second-order valence-electron chi connectivity index (χ2n) is 5.61. The summed E-state index contributed by atoms with van der Waals surface area (Å²) in [7, 11) is 0. The van der Waals surface area contributed by atoms with Gasteiger partial charge in [0, 0.05) is 24.3 Å². The van der Waals surface area contributed by atoms with E-state index >= 15 is 0 Å². The third-order valence-corrected chi connectivity index (χ3v) is 4.15. The van der Waals surface area contributed by atoms with E-state index in [1.807, 2.05) is 0 Å². The van der Waals surface area contributed by atoms with Gasteiger partial charge >= 0.3 is 0 Å². The van der Waals surface area contributed by atoms with E-state index in [0.29, 0.717) is 30.0 Å². The van der Waals surface area contributed by atoms with E-state index in [1.165, 1.54) is 24.3 Å². The molecule has 2 aromatic carbocycles. The molecule has 1 aliphatic carbocycles. The van der Waals surface area contributed by atoms with Crippen molar-refractivity contribution in [3.05, 3.63) is 54.3 Å². The largest absolute Gasteiger partial charge is 0.429 e. The van der Waals surface area contributed by atoms with E-state index in [4.69, 9.17) is 4.18 Å². The quantitative estimate of drug-likeness (QED) is 0.442. The Balaban J connectivity index is 1.66. The number of hydrogen-bond donors (Lipinski definition) is 3. The van der Waals surface area contributed by atoms with Crippen LogP contribution in [0.15, 0.2) is 48.5 Å². The van der Waals surface area contributed by atoms with Crippen LogP contribution < -0.4 is 14.8 Å². The number of carbonyl (C=O) groups is 2. The highest BCUT2D eigenvalue weighted by molar-refractivity contribution is 7.75. The minimum absolute atomic E-state index is 0.360. The summed E-state index contributed by atoms with van der Waals surface area (Å²) < 4.78 is 17.7. The Bertz CT molecular complexity index is 758. The highest BCUT2D eigenvalue weighted by atomic mass is 32.1. The average Bonchev–Trinajstić information content (AvgIpc) is 3.39. The van der Waals surface area contributed by atoms with Crippen molar-refractivity contribution in [1.82, 2.24) is 0 Å². The predicted molar refractivity (Wildman–Crippen MR) is 91.4 cm³/mol. The van der Waals surface area contributed by atoms with E-state index in [9.17, 15) is 14.0 Å². The summed E-state index contributed by atoms with van der Waals surface area (Å²) in [6.07, 6.45) is 0.952. The molecule has 124 valence electrons. The average molecular weight is 346 g/mol. The Morgan fingerprint density at radius 3 is 1.79 bits per heavy atom. The molecular weight excluding hydrogens is 331 g/mol. The highest BCUT2D eigenvalue weighted by Crippen LogP contribution is 2.47. The van der Waals surface area contributed by atoms with Crippen molar-refractivity contribution in [2.24, 2.45) is 5.41 Å². The van der Waals surface area contributed by atoms with Crippen LogP contribution in [0.25, 0.3) is 0 Å². The molecule has 2 amide bonds. The molecule has 0 heterocycles.